The van der Waals surface area contributed by atoms with Crippen molar-refractivity contribution < 1.29 is 19.5 Å². The third kappa shape index (κ3) is 3.06. The van der Waals surface area contributed by atoms with E-state index in [9.17, 15) is 0 Å². The number of H-pyrrole nitrogens is 1. The smallest absolute Gasteiger partial charge is 0.0658 e. The number of rotatable bonds is 0. The number of aromatic amines is 1. The van der Waals surface area contributed by atoms with Gasteiger partial charge in [0.1, 0.15) is 0 Å². The van der Waals surface area contributed by atoms with Crippen molar-refractivity contribution in [2.24, 2.45) is 7.05 Å². The number of nitrogens with one attached hydrogen (secondary N) is 1. The Balaban J connectivity index is 0.00000168. The minimum absolute atomic E-state index is 0. The molecule has 0 spiro atoms. The van der Waals surface area contributed by atoms with Crippen molar-refractivity contribution in [2.75, 3.05) is 0 Å². The van der Waals surface area contributed by atoms with E-state index in [0.29, 0.717) is 0 Å². The predicted octanol–water partition coefficient (Wildman–Crippen LogP) is 4.66. The summed E-state index contributed by atoms with van der Waals surface area (Å²) in [6, 6.07) is 16.6. The van der Waals surface area contributed by atoms with Crippen LogP contribution in [0.25, 0.3) is 46.4 Å². The number of nitrogens with zero attached hydrogens (tertiary/aromatic N) is 3. The maximum absolute atomic E-state index is 4.68. The molecule has 0 amide bonds. The Morgan fingerprint density at radius 1 is 0.654 bits per heavy atom. The maximum Gasteiger partial charge on any atom is 0.0658 e. The van der Waals surface area contributed by atoms with Crippen LogP contribution in [-0.2, 0) is 26.5 Å². The molecular weight excluding hydrogens is 374 g/mol. The first-order valence-electron chi connectivity index (χ1n) is 8.24. The average Bonchev–Trinajstić information content (AvgIpc) is 3.36. The van der Waals surface area contributed by atoms with Crippen molar-refractivity contribution in [3.8, 4) is 0 Å². The summed E-state index contributed by atoms with van der Waals surface area (Å²) in [7, 11) is 2.06. The van der Waals surface area contributed by atoms with Gasteiger partial charge in [-0.1, -0.05) is 0 Å². The Morgan fingerprint density at radius 3 is 1.54 bits per heavy atom. The molecule has 5 heterocycles. The van der Waals surface area contributed by atoms with Crippen LogP contribution in [0, 0.1) is 0 Å². The molecular formula is C21H16N4Zn. The van der Waals surface area contributed by atoms with Crippen LogP contribution >= 0.6 is 0 Å². The molecule has 0 atom stereocenters. The SMILES string of the molecule is Cn1c2ccc1cc1nc(cc3ccc(cc4nc(c2)C=C4)[nH]3)C=C1.[Zn]. The molecule has 26 heavy (non-hydrogen) atoms. The quantitative estimate of drug-likeness (QED) is 0.391. The molecule has 0 unspecified atom stereocenters. The summed E-state index contributed by atoms with van der Waals surface area (Å²) in [5.74, 6) is 0. The number of hydrogen-bond acceptors (Lipinski definition) is 2. The van der Waals surface area contributed by atoms with Gasteiger partial charge in [0.05, 0.1) is 22.8 Å². The first-order chi connectivity index (χ1) is 12.2. The van der Waals surface area contributed by atoms with Gasteiger partial charge >= 0.3 is 0 Å². The molecule has 3 aromatic rings. The molecule has 0 saturated carbocycles. The van der Waals surface area contributed by atoms with Gasteiger partial charge in [-0.15, -0.1) is 0 Å². The monoisotopic (exact) mass is 388 g/mol. The fraction of sp³-hybridized carbons (Fsp3) is 0.0476. The van der Waals surface area contributed by atoms with Crippen LogP contribution in [0.3, 0.4) is 0 Å². The summed E-state index contributed by atoms with van der Waals surface area (Å²) >= 11 is 0. The third-order valence-electron chi connectivity index (χ3n) is 4.49. The van der Waals surface area contributed by atoms with Gasteiger partial charge in [-0.2, -0.15) is 0 Å². The second-order valence-electron chi connectivity index (χ2n) is 6.28. The Morgan fingerprint density at radius 2 is 1.08 bits per heavy atom. The molecule has 5 heteroatoms. The Labute approximate surface area is 163 Å². The molecule has 0 aliphatic carbocycles. The number of aromatic nitrogens is 4. The summed E-state index contributed by atoms with van der Waals surface area (Å²) in [5, 5.41) is 0. The second-order valence-corrected chi connectivity index (χ2v) is 6.28. The van der Waals surface area contributed by atoms with Crippen molar-refractivity contribution in [1.29, 1.82) is 0 Å². The predicted molar refractivity (Wildman–Crippen MR) is 103 cm³/mol. The van der Waals surface area contributed by atoms with Gasteiger partial charge in [0.2, 0.25) is 0 Å². The van der Waals surface area contributed by atoms with E-state index in [1.54, 1.807) is 0 Å². The summed E-state index contributed by atoms with van der Waals surface area (Å²) in [6.07, 6.45) is 8.16. The molecule has 3 aromatic heterocycles. The fourth-order valence-corrected chi connectivity index (χ4v) is 3.16. The molecule has 0 fully saturated rings. The molecule has 8 bridgehead atoms. The van der Waals surface area contributed by atoms with E-state index in [2.05, 4.69) is 75.1 Å². The van der Waals surface area contributed by atoms with E-state index in [-0.39, 0.29) is 19.5 Å². The summed E-state index contributed by atoms with van der Waals surface area (Å²) in [5.41, 5.74) is 8.09. The minimum Gasteiger partial charge on any atom is -0.355 e. The van der Waals surface area contributed by atoms with Crippen molar-refractivity contribution >= 4 is 46.4 Å². The topological polar surface area (TPSA) is 46.5 Å². The van der Waals surface area contributed by atoms with Crippen LogP contribution < -0.4 is 0 Å². The van der Waals surface area contributed by atoms with Gasteiger partial charge in [-0.3, -0.25) is 0 Å². The van der Waals surface area contributed by atoms with E-state index in [4.69, 9.17) is 0 Å². The molecule has 5 rings (SSSR count). The van der Waals surface area contributed by atoms with Crippen molar-refractivity contribution in [2.45, 2.75) is 0 Å². The van der Waals surface area contributed by atoms with Crippen LogP contribution in [-0.4, -0.2) is 19.5 Å². The third-order valence-corrected chi connectivity index (χ3v) is 4.49. The molecule has 0 saturated heterocycles. The molecule has 122 valence electrons. The number of aryl methyl sites for hydroxylation is 1. The summed E-state index contributed by atoms with van der Waals surface area (Å²) < 4.78 is 2.15. The Bertz CT molecular complexity index is 1120. The van der Waals surface area contributed by atoms with Gasteiger partial charge in [-0.05, 0) is 72.8 Å². The zero-order chi connectivity index (χ0) is 16.8. The molecule has 2 aliphatic heterocycles. The van der Waals surface area contributed by atoms with E-state index in [0.717, 1.165) is 44.8 Å². The van der Waals surface area contributed by atoms with E-state index in [1.165, 1.54) is 0 Å². The zero-order valence-electron chi connectivity index (χ0n) is 14.5. The number of fused-ring (bicyclic) bond motifs is 8. The molecule has 0 radical (unpaired) electrons. The van der Waals surface area contributed by atoms with Crippen LogP contribution in [0.5, 0.6) is 0 Å². The molecule has 2 aliphatic rings. The molecule has 4 nitrogen and oxygen atoms in total. The zero-order valence-corrected chi connectivity index (χ0v) is 17.4. The van der Waals surface area contributed by atoms with Crippen LogP contribution in [0.4, 0.5) is 0 Å². The van der Waals surface area contributed by atoms with E-state index in [1.807, 2.05) is 24.3 Å². The normalized spacial score (nSPS) is 12.2. The second kappa shape index (κ2) is 6.51. The van der Waals surface area contributed by atoms with Crippen molar-refractivity contribution in [3.05, 3.63) is 71.3 Å². The summed E-state index contributed by atoms with van der Waals surface area (Å²) in [6.45, 7) is 0. The van der Waals surface area contributed by atoms with Crippen LogP contribution in [0.2, 0.25) is 0 Å². The average molecular weight is 390 g/mol. The van der Waals surface area contributed by atoms with Gasteiger partial charge < -0.3 is 9.55 Å². The summed E-state index contributed by atoms with van der Waals surface area (Å²) in [4.78, 5) is 12.8. The molecule has 1 N–H and O–H groups in total. The minimum atomic E-state index is 0. The molecule has 0 aromatic carbocycles. The van der Waals surface area contributed by atoms with Crippen molar-refractivity contribution in [3.63, 3.8) is 0 Å². The largest absolute Gasteiger partial charge is 0.355 e. The van der Waals surface area contributed by atoms with Crippen LogP contribution in [0.1, 0.15) is 22.8 Å². The Kier molecular flexibility index (Phi) is 4.17. The van der Waals surface area contributed by atoms with Crippen molar-refractivity contribution in [1.82, 2.24) is 19.5 Å². The first-order valence-corrected chi connectivity index (χ1v) is 8.24. The van der Waals surface area contributed by atoms with Gasteiger partial charge in [0, 0.05) is 48.6 Å². The van der Waals surface area contributed by atoms with Gasteiger partial charge in [0.15, 0.2) is 0 Å². The Hall–Kier alpha value is -2.78. The van der Waals surface area contributed by atoms with Crippen LogP contribution in [0.15, 0.2) is 48.5 Å². The fourth-order valence-electron chi connectivity index (χ4n) is 3.16. The van der Waals surface area contributed by atoms with Gasteiger partial charge in [0.25, 0.3) is 0 Å². The van der Waals surface area contributed by atoms with E-state index >= 15 is 0 Å². The van der Waals surface area contributed by atoms with Gasteiger partial charge in [-0.25, -0.2) is 9.97 Å². The maximum atomic E-state index is 4.68. The number of hydrogen-bond donors (Lipinski definition) is 1. The standard InChI is InChI=1S/C21H16N4.Zn/c1-25-20-8-9-21(25)13-19-7-5-17(24-19)11-15-3-2-14(22-15)10-16-4-6-18(12-20)23-16;/h2-13,22H,1H3;. The first kappa shape index (κ1) is 16.7. The van der Waals surface area contributed by atoms with E-state index < -0.39 is 0 Å².